The Morgan fingerprint density at radius 3 is 1.55 bits per heavy atom. The number of benzene rings is 6. The molecule has 0 aliphatic carbocycles. The number of hydrogen-bond acceptors (Lipinski definition) is 3. The fraction of sp³-hybridized carbons (Fsp3) is 0. The molecule has 2 heterocycles. The first kappa shape index (κ1) is 29.8. The van der Waals surface area contributed by atoms with Crippen molar-refractivity contribution in [3.05, 3.63) is 156 Å². The lowest BCUT2D eigenvalue weighted by Gasteiger charge is -2.16. The Balaban J connectivity index is 1.43. The second-order valence-corrected chi connectivity index (χ2v) is 11.3. The summed E-state index contributed by atoms with van der Waals surface area (Å²) in [6.07, 6.45) is 0. The number of aromatic nitrogens is 3. The largest absolute Gasteiger partial charge is 0.248 e. The van der Waals surface area contributed by atoms with Crippen LogP contribution in [0.5, 0.6) is 0 Å². The van der Waals surface area contributed by atoms with Gasteiger partial charge in [-0.3, -0.25) is 0 Å². The van der Waals surface area contributed by atoms with E-state index in [1.807, 2.05) is 84.9 Å². The van der Waals surface area contributed by atoms with Crippen LogP contribution in [0.4, 0.5) is 27.6 Å². The van der Waals surface area contributed by atoms with Crippen molar-refractivity contribution in [1.29, 1.82) is 0 Å². The second kappa shape index (κ2) is 11.6. The molecular formula is C40H19F5N4. The van der Waals surface area contributed by atoms with Gasteiger partial charge in [-0.25, -0.2) is 41.7 Å². The van der Waals surface area contributed by atoms with Crippen molar-refractivity contribution in [2.24, 2.45) is 0 Å². The summed E-state index contributed by atoms with van der Waals surface area (Å²) in [6.45, 7) is 8.18. The minimum atomic E-state index is -2.23. The molecule has 0 N–H and O–H groups in total. The van der Waals surface area contributed by atoms with E-state index in [2.05, 4.69) is 4.85 Å². The second-order valence-electron chi connectivity index (χ2n) is 11.3. The fourth-order valence-electron chi connectivity index (χ4n) is 6.19. The zero-order chi connectivity index (χ0) is 33.8. The van der Waals surface area contributed by atoms with Crippen molar-refractivity contribution in [3.63, 3.8) is 0 Å². The predicted molar refractivity (Wildman–Crippen MR) is 180 cm³/mol. The van der Waals surface area contributed by atoms with Gasteiger partial charge in [0.15, 0.2) is 29.0 Å². The smallest absolute Gasteiger partial charge is 0.200 e. The first-order valence-corrected chi connectivity index (χ1v) is 15.0. The van der Waals surface area contributed by atoms with Crippen molar-refractivity contribution < 1.29 is 22.0 Å². The number of fused-ring (bicyclic) bond motifs is 5. The average molecular weight is 651 g/mol. The third-order valence-corrected chi connectivity index (χ3v) is 8.45. The zero-order valence-corrected chi connectivity index (χ0v) is 25.1. The maximum absolute atomic E-state index is 14.7. The number of pyridine rings is 1. The molecular weight excluding hydrogens is 631 g/mol. The Bertz CT molecular complexity index is 2630. The van der Waals surface area contributed by atoms with Gasteiger partial charge in [0.05, 0.1) is 45.8 Å². The van der Waals surface area contributed by atoms with E-state index in [0.717, 1.165) is 16.5 Å². The average Bonchev–Trinajstić information content (AvgIpc) is 3.16. The van der Waals surface area contributed by atoms with E-state index in [1.165, 1.54) is 24.3 Å². The maximum Gasteiger partial charge on any atom is 0.200 e. The van der Waals surface area contributed by atoms with Crippen LogP contribution in [-0.2, 0) is 0 Å². The third kappa shape index (κ3) is 4.76. The molecule has 0 unspecified atom stereocenters. The molecule has 0 spiro atoms. The highest BCUT2D eigenvalue weighted by Gasteiger charge is 2.27. The molecule has 6 aromatic carbocycles. The highest BCUT2D eigenvalue weighted by molar-refractivity contribution is 6.25. The number of rotatable bonds is 4. The minimum Gasteiger partial charge on any atom is -0.248 e. The first-order valence-electron chi connectivity index (χ1n) is 15.0. The van der Waals surface area contributed by atoms with Gasteiger partial charge in [0.2, 0.25) is 5.82 Å². The fourth-order valence-corrected chi connectivity index (χ4v) is 6.19. The first-order chi connectivity index (χ1) is 23.9. The molecule has 0 atom stereocenters. The number of nitrogens with zero attached hydrogens (tertiary/aromatic N) is 4. The summed E-state index contributed by atoms with van der Waals surface area (Å²) in [6, 6.07) is 33.9. The van der Waals surface area contributed by atoms with Crippen molar-refractivity contribution >= 4 is 38.4 Å². The summed E-state index contributed by atoms with van der Waals surface area (Å²) in [5.41, 5.74) is 4.45. The van der Waals surface area contributed by atoms with Crippen molar-refractivity contribution in [3.8, 4) is 44.9 Å². The van der Waals surface area contributed by atoms with Crippen molar-refractivity contribution in [2.75, 3.05) is 0 Å². The van der Waals surface area contributed by atoms with E-state index in [0.29, 0.717) is 50.0 Å². The summed E-state index contributed by atoms with van der Waals surface area (Å²) in [5, 5.41) is 1.85. The highest BCUT2D eigenvalue weighted by atomic mass is 19.2. The van der Waals surface area contributed by atoms with Crippen LogP contribution < -0.4 is 0 Å². The van der Waals surface area contributed by atoms with Gasteiger partial charge in [-0.05, 0) is 23.3 Å². The van der Waals surface area contributed by atoms with Gasteiger partial charge in [-0.1, -0.05) is 103 Å². The summed E-state index contributed by atoms with van der Waals surface area (Å²) >= 11 is 0. The molecule has 0 bridgehead atoms. The molecule has 0 aliphatic heterocycles. The summed E-state index contributed by atoms with van der Waals surface area (Å²) in [4.78, 5) is 19.1. The molecule has 0 radical (unpaired) electrons. The van der Waals surface area contributed by atoms with Crippen LogP contribution in [0.25, 0.3) is 82.5 Å². The monoisotopic (exact) mass is 650 g/mol. The number of hydrogen-bond donors (Lipinski definition) is 0. The predicted octanol–water partition coefficient (Wildman–Crippen LogP) is 11.2. The highest BCUT2D eigenvalue weighted by Crippen LogP contribution is 2.44. The Kier molecular flexibility index (Phi) is 7.07. The van der Waals surface area contributed by atoms with E-state index in [-0.39, 0.29) is 11.3 Å². The van der Waals surface area contributed by atoms with Crippen LogP contribution in [0.1, 0.15) is 0 Å². The third-order valence-electron chi connectivity index (χ3n) is 8.45. The normalized spacial score (nSPS) is 11.3. The molecule has 49 heavy (non-hydrogen) atoms. The number of halogens is 5. The molecule has 2 aromatic heterocycles. The molecule has 9 heteroatoms. The molecule has 0 aliphatic rings. The van der Waals surface area contributed by atoms with Gasteiger partial charge in [0, 0.05) is 27.3 Å². The lowest BCUT2D eigenvalue weighted by atomic mass is 9.95. The van der Waals surface area contributed by atoms with E-state index in [9.17, 15) is 22.0 Å². The maximum atomic E-state index is 14.7. The SMILES string of the molecule is [C-]#[N+]c1cc2nc(-c3ccccc3)c(-c3ccccc3)nc2c2c1c(-c1ccc(-c3c(F)c(F)c(F)c(F)c3F)cc1)nc1ccccc12. The van der Waals surface area contributed by atoms with Gasteiger partial charge < -0.3 is 0 Å². The minimum absolute atomic E-state index is 0.218. The standard InChI is InChI=1S/C40H19F5N4/c1-46-27-20-28-40(49-39(23-12-6-3-7-13-23)38(48-28)22-10-4-2-5-11-22)30-25-14-8-9-15-26(25)47-37(31(27)30)24-18-16-21(17-19-24)29-32(41)34(43)36(45)35(44)33(29)42/h2-20H. The molecule has 0 amide bonds. The van der Waals surface area contributed by atoms with Crippen molar-refractivity contribution in [1.82, 2.24) is 15.0 Å². The Morgan fingerprint density at radius 2 is 0.939 bits per heavy atom. The topological polar surface area (TPSA) is 43.0 Å². The Labute approximate surface area is 275 Å². The van der Waals surface area contributed by atoms with Gasteiger partial charge >= 0.3 is 0 Å². The quantitative estimate of drug-likeness (QED) is 0.0626. The lowest BCUT2D eigenvalue weighted by Crippen LogP contribution is -2.04. The van der Waals surface area contributed by atoms with Gasteiger partial charge in [0.1, 0.15) is 0 Å². The summed E-state index contributed by atoms with van der Waals surface area (Å²) in [5.74, 6) is -10.1. The van der Waals surface area contributed by atoms with Gasteiger partial charge in [-0.2, -0.15) is 0 Å². The molecule has 234 valence electrons. The van der Waals surface area contributed by atoms with E-state index >= 15 is 0 Å². The van der Waals surface area contributed by atoms with E-state index in [1.54, 1.807) is 6.07 Å². The Hall–Kier alpha value is -6.53. The molecule has 0 saturated carbocycles. The van der Waals surface area contributed by atoms with E-state index in [4.69, 9.17) is 21.5 Å². The molecule has 8 rings (SSSR count). The lowest BCUT2D eigenvalue weighted by molar-refractivity contribution is 0.381. The van der Waals surface area contributed by atoms with Crippen LogP contribution in [0.15, 0.2) is 115 Å². The molecule has 4 nitrogen and oxygen atoms in total. The molecule has 8 aromatic rings. The van der Waals surface area contributed by atoms with E-state index < -0.39 is 34.6 Å². The molecule has 0 fully saturated rings. The molecule has 0 saturated heterocycles. The zero-order valence-electron chi connectivity index (χ0n) is 25.1. The van der Waals surface area contributed by atoms with Gasteiger partial charge in [-0.15, -0.1) is 0 Å². The summed E-state index contributed by atoms with van der Waals surface area (Å²) in [7, 11) is 0. The Morgan fingerprint density at radius 1 is 0.449 bits per heavy atom. The van der Waals surface area contributed by atoms with Crippen LogP contribution in [0, 0.1) is 35.7 Å². The van der Waals surface area contributed by atoms with Crippen LogP contribution in [0.3, 0.4) is 0 Å². The van der Waals surface area contributed by atoms with Crippen molar-refractivity contribution in [2.45, 2.75) is 0 Å². The van der Waals surface area contributed by atoms with Gasteiger partial charge in [0.25, 0.3) is 0 Å². The van der Waals surface area contributed by atoms with Crippen LogP contribution >= 0.6 is 0 Å². The van der Waals surface area contributed by atoms with Crippen LogP contribution in [-0.4, -0.2) is 15.0 Å². The number of para-hydroxylation sites is 1. The summed E-state index contributed by atoms with van der Waals surface area (Å²) < 4.78 is 71.1. The van der Waals surface area contributed by atoms with Crippen LogP contribution in [0.2, 0.25) is 0 Å².